The summed E-state index contributed by atoms with van der Waals surface area (Å²) in [5.74, 6) is 2.00. The van der Waals surface area contributed by atoms with Crippen LogP contribution in [0.3, 0.4) is 0 Å². The number of nitrogens with one attached hydrogen (secondary N) is 1. The molecule has 20 heavy (non-hydrogen) atoms. The zero-order chi connectivity index (χ0) is 13.4. The molecule has 0 unspecified atom stereocenters. The van der Waals surface area contributed by atoms with Crippen LogP contribution >= 0.6 is 28.3 Å². The highest BCUT2D eigenvalue weighted by atomic mass is 79.9. The van der Waals surface area contributed by atoms with E-state index >= 15 is 0 Å². The second kappa shape index (κ2) is 6.50. The Morgan fingerprint density at radius 3 is 2.45 bits per heavy atom. The summed E-state index contributed by atoms with van der Waals surface area (Å²) in [4.78, 5) is 14.5. The van der Waals surface area contributed by atoms with Crippen molar-refractivity contribution in [2.45, 2.75) is 19.8 Å². The molecule has 1 aromatic heterocycles. The van der Waals surface area contributed by atoms with Crippen LogP contribution in [0.1, 0.15) is 29.0 Å². The molecule has 0 spiro atoms. The molecule has 112 valence electrons. The predicted octanol–water partition coefficient (Wildman–Crippen LogP) is 2.84. The van der Waals surface area contributed by atoms with Gasteiger partial charge in [0, 0.05) is 18.7 Å². The summed E-state index contributed by atoms with van der Waals surface area (Å²) >= 11 is 3.28. The molecule has 6 heteroatoms. The average molecular weight is 364 g/mol. The van der Waals surface area contributed by atoms with E-state index in [4.69, 9.17) is 4.42 Å². The Labute approximate surface area is 133 Å². The molecule has 2 aliphatic heterocycles. The molecule has 3 rings (SSSR count). The molecular formula is C14H20BrClN2O2. The van der Waals surface area contributed by atoms with Crippen molar-refractivity contribution in [2.24, 2.45) is 11.8 Å². The predicted molar refractivity (Wildman–Crippen MR) is 83.4 cm³/mol. The minimum atomic E-state index is 0. The number of halogens is 2. The lowest BCUT2D eigenvalue weighted by Crippen LogP contribution is -2.32. The normalized spacial score (nSPS) is 25.8. The monoisotopic (exact) mass is 362 g/mol. The van der Waals surface area contributed by atoms with Crippen LogP contribution in [0.15, 0.2) is 15.2 Å². The van der Waals surface area contributed by atoms with Crippen molar-refractivity contribution >= 4 is 34.2 Å². The standard InChI is InChI=1S/C14H19BrN2O2.ClH/c1-9-6-12(15)19-13(9)14(18)17-4-2-10-7-16-8-11(10)3-5-17;/h6,10-11,16H,2-5,7-8H2,1H3;1H/t10-,11+;. The number of amides is 1. The second-order valence-corrected chi connectivity index (χ2v) is 6.39. The molecule has 0 saturated carbocycles. The van der Waals surface area contributed by atoms with Crippen molar-refractivity contribution in [3.8, 4) is 0 Å². The number of furan rings is 1. The zero-order valence-corrected chi connectivity index (χ0v) is 13.9. The Bertz CT molecular complexity index is 478. The Kier molecular flexibility index (Phi) is 5.15. The number of fused-ring (bicyclic) bond motifs is 1. The van der Waals surface area contributed by atoms with Crippen molar-refractivity contribution < 1.29 is 9.21 Å². The summed E-state index contributed by atoms with van der Waals surface area (Å²) in [6, 6.07) is 1.85. The second-order valence-electron chi connectivity index (χ2n) is 5.61. The molecule has 0 bridgehead atoms. The fraction of sp³-hybridized carbons (Fsp3) is 0.643. The lowest BCUT2D eigenvalue weighted by molar-refractivity contribution is 0.0724. The average Bonchev–Trinajstić information content (AvgIpc) is 2.90. The van der Waals surface area contributed by atoms with Crippen LogP contribution in [-0.2, 0) is 0 Å². The first-order chi connectivity index (χ1) is 9.15. The Morgan fingerprint density at radius 2 is 1.95 bits per heavy atom. The highest BCUT2D eigenvalue weighted by Crippen LogP contribution is 2.28. The molecule has 1 N–H and O–H groups in total. The number of nitrogens with zero attached hydrogens (tertiary/aromatic N) is 1. The number of likely N-dealkylation sites (tertiary alicyclic amines) is 1. The van der Waals surface area contributed by atoms with E-state index in [1.165, 1.54) is 0 Å². The zero-order valence-electron chi connectivity index (χ0n) is 11.5. The first-order valence-electron chi connectivity index (χ1n) is 6.91. The fourth-order valence-electron chi connectivity index (χ4n) is 3.22. The molecule has 2 fully saturated rings. The summed E-state index contributed by atoms with van der Waals surface area (Å²) in [5.41, 5.74) is 0.906. The molecule has 0 radical (unpaired) electrons. The molecule has 2 aliphatic rings. The van der Waals surface area contributed by atoms with E-state index in [1.807, 2.05) is 17.9 Å². The number of hydrogen-bond donors (Lipinski definition) is 1. The number of carbonyl (C=O) groups is 1. The quantitative estimate of drug-likeness (QED) is 0.834. The van der Waals surface area contributed by atoms with Gasteiger partial charge in [-0.1, -0.05) is 0 Å². The van der Waals surface area contributed by atoms with Gasteiger partial charge >= 0.3 is 0 Å². The van der Waals surface area contributed by atoms with Gasteiger partial charge in [0.2, 0.25) is 0 Å². The van der Waals surface area contributed by atoms with Gasteiger partial charge in [0.15, 0.2) is 10.4 Å². The fourth-order valence-corrected chi connectivity index (χ4v) is 3.73. The van der Waals surface area contributed by atoms with Crippen molar-refractivity contribution in [1.29, 1.82) is 0 Å². The lowest BCUT2D eigenvalue weighted by atomic mass is 9.92. The molecule has 1 aromatic rings. The molecule has 4 nitrogen and oxygen atoms in total. The number of carbonyl (C=O) groups excluding carboxylic acids is 1. The summed E-state index contributed by atoms with van der Waals surface area (Å²) in [7, 11) is 0. The molecule has 3 heterocycles. The molecule has 0 aromatic carbocycles. The van der Waals surface area contributed by atoms with Gasteiger partial charge in [-0.3, -0.25) is 4.79 Å². The van der Waals surface area contributed by atoms with E-state index < -0.39 is 0 Å². The molecule has 1 amide bonds. The van der Waals surface area contributed by atoms with Gasteiger partial charge in [-0.05, 0) is 66.7 Å². The van der Waals surface area contributed by atoms with Gasteiger partial charge in [0.25, 0.3) is 5.91 Å². The van der Waals surface area contributed by atoms with Crippen LogP contribution < -0.4 is 5.32 Å². The number of aryl methyl sites for hydroxylation is 1. The summed E-state index contributed by atoms with van der Waals surface area (Å²) in [6.45, 7) is 5.83. The van der Waals surface area contributed by atoms with Crippen molar-refractivity contribution in [3.05, 3.63) is 22.1 Å². The SMILES string of the molecule is Cc1cc(Br)oc1C(=O)N1CC[C@@H]2CNC[C@@H]2CC1.Cl. The molecule has 0 aliphatic carbocycles. The van der Waals surface area contributed by atoms with Crippen LogP contribution in [0.25, 0.3) is 0 Å². The van der Waals surface area contributed by atoms with Crippen LogP contribution in [-0.4, -0.2) is 37.0 Å². The Hall–Kier alpha value is -0.520. The van der Waals surface area contributed by atoms with E-state index in [0.717, 1.165) is 56.4 Å². The first kappa shape index (κ1) is 15.9. The van der Waals surface area contributed by atoms with Gasteiger partial charge < -0.3 is 14.6 Å². The number of rotatable bonds is 1. The van der Waals surface area contributed by atoms with Crippen LogP contribution in [0.4, 0.5) is 0 Å². The minimum Gasteiger partial charge on any atom is -0.444 e. The highest BCUT2D eigenvalue weighted by molar-refractivity contribution is 9.10. The third-order valence-corrected chi connectivity index (χ3v) is 4.78. The largest absolute Gasteiger partial charge is 0.444 e. The lowest BCUT2D eigenvalue weighted by Gasteiger charge is -2.19. The minimum absolute atomic E-state index is 0. The summed E-state index contributed by atoms with van der Waals surface area (Å²) < 4.78 is 6.11. The maximum atomic E-state index is 12.5. The van der Waals surface area contributed by atoms with E-state index in [-0.39, 0.29) is 18.3 Å². The molecule has 2 atom stereocenters. The topological polar surface area (TPSA) is 45.5 Å². The Balaban J connectivity index is 0.00000147. The third kappa shape index (κ3) is 3.05. The smallest absolute Gasteiger partial charge is 0.289 e. The molecular weight excluding hydrogens is 344 g/mol. The van der Waals surface area contributed by atoms with Gasteiger partial charge in [-0.15, -0.1) is 12.4 Å². The number of hydrogen-bond acceptors (Lipinski definition) is 3. The summed E-state index contributed by atoms with van der Waals surface area (Å²) in [5, 5.41) is 3.45. The summed E-state index contributed by atoms with van der Waals surface area (Å²) in [6.07, 6.45) is 2.20. The van der Waals surface area contributed by atoms with Crippen LogP contribution in [0, 0.1) is 18.8 Å². The van der Waals surface area contributed by atoms with Crippen molar-refractivity contribution in [2.75, 3.05) is 26.2 Å². The van der Waals surface area contributed by atoms with E-state index in [1.54, 1.807) is 0 Å². The van der Waals surface area contributed by atoms with Gasteiger partial charge in [-0.25, -0.2) is 0 Å². The van der Waals surface area contributed by atoms with Gasteiger partial charge in [-0.2, -0.15) is 0 Å². The van der Waals surface area contributed by atoms with Crippen molar-refractivity contribution in [3.63, 3.8) is 0 Å². The maximum absolute atomic E-state index is 12.5. The van der Waals surface area contributed by atoms with E-state index in [9.17, 15) is 4.79 Å². The first-order valence-corrected chi connectivity index (χ1v) is 7.70. The maximum Gasteiger partial charge on any atom is 0.289 e. The van der Waals surface area contributed by atoms with Crippen LogP contribution in [0.5, 0.6) is 0 Å². The Morgan fingerprint density at radius 1 is 1.35 bits per heavy atom. The van der Waals surface area contributed by atoms with Gasteiger partial charge in [0.1, 0.15) is 0 Å². The third-order valence-electron chi connectivity index (χ3n) is 4.39. The van der Waals surface area contributed by atoms with E-state index in [0.29, 0.717) is 10.4 Å². The van der Waals surface area contributed by atoms with Crippen LogP contribution in [0.2, 0.25) is 0 Å². The van der Waals surface area contributed by atoms with Crippen molar-refractivity contribution in [1.82, 2.24) is 10.2 Å². The van der Waals surface area contributed by atoms with E-state index in [2.05, 4.69) is 21.2 Å². The van der Waals surface area contributed by atoms with Gasteiger partial charge in [0.05, 0.1) is 0 Å². The highest BCUT2D eigenvalue weighted by Gasteiger charge is 2.32. The molecule has 2 saturated heterocycles.